The van der Waals surface area contributed by atoms with E-state index in [4.69, 9.17) is 4.74 Å². The fourth-order valence-electron chi connectivity index (χ4n) is 1.63. The Hall–Kier alpha value is -1.62. The third kappa shape index (κ3) is 5.70. The van der Waals surface area contributed by atoms with Gasteiger partial charge in [0, 0.05) is 18.7 Å². The Labute approximate surface area is 113 Å². The minimum atomic E-state index is -0.288. The maximum atomic E-state index is 13.2. The predicted octanol–water partition coefficient (Wildman–Crippen LogP) is 1.84. The number of hydrogen-bond donors (Lipinski definition) is 2. The summed E-state index contributed by atoms with van der Waals surface area (Å²) in [5, 5.41) is 5.82. The van der Waals surface area contributed by atoms with Crippen molar-refractivity contribution in [2.24, 2.45) is 0 Å². The number of benzene rings is 1. The van der Waals surface area contributed by atoms with Gasteiger partial charge in [0.05, 0.1) is 13.0 Å². The maximum Gasteiger partial charge on any atom is 0.223 e. The molecular formula is C14H21FN2O2. The minimum absolute atomic E-state index is 0.0437. The lowest BCUT2D eigenvalue weighted by Crippen LogP contribution is -2.24. The Morgan fingerprint density at radius 1 is 1.32 bits per heavy atom. The third-order valence-corrected chi connectivity index (χ3v) is 2.55. The first-order valence-corrected chi connectivity index (χ1v) is 6.56. The van der Waals surface area contributed by atoms with Crippen LogP contribution in [-0.2, 0) is 11.3 Å². The highest BCUT2D eigenvalue weighted by Crippen LogP contribution is 2.19. The van der Waals surface area contributed by atoms with E-state index in [-0.39, 0.29) is 18.3 Å². The highest BCUT2D eigenvalue weighted by Gasteiger charge is 2.06. The molecule has 0 atom stereocenters. The van der Waals surface area contributed by atoms with Crippen molar-refractivity contribution < 1.29 is 13.9 Å². The van der Waals surface area contributed by atoms with E-state index in [0.717, 1.165) is 12.1 Å². The first kappa shape index (κ1) is 15.4. The molecule has 106 valence electrons. The molecule has 2 N–H and O–H groups in total. The number of amides is 1. The predicted molar refractivity (Wildman–Crippen MR) is 72.6 cm³/mol. The Morgan fingerprint density at radius 2 is 2.11 bits per heavy atom. The smallest absolute Gasteiger partial charge is 0.223 e. The second-order valence-corrected chi connectivity index (χ2v) is 4.08. The van der Waals surface area contributed by atoms with Gasteiger partial charge in [-0.05, 0) is 31.7 Å². The summed E-state index contributed by atoms with van der Waals surface area (Å²) in [6, 6.07) is 4.40. The summed E-state index contributed by atoms with van der Waals surface area (Å²) < 4.78 is 18.7. The zero-order chi connectivity index (χ0) is 14.1. The summed E-state index contributed by atoms with van der Waals surface area (Å²) in [5.41, 5.74) is 0.762. The Morgan fingerprint density at radius 3 is 2.79 bits per heavy atom. The lowest BCUT2D eigenvalue weighted by atomic mass is 10.2. The molecule has 0 saturated heterocycles. The average Bonchev–Trinajstić information content (AvgIpc) is 2.39. The summed E-state index contributed by atoms with van der Waals surface area (Å²) in [5.74, 6) is 0.286. The fourth-order valence-corrected chi connectivity index (χ4v) is 1.63. The van der Waals surface area contributed by atoms with Crippen LogP contribution in [0.4, 0.5) is 4.39 Å². The molecule has 1 aromatic rings. The molecule has 4 nitrogen and oxygen atoms in total. The zero-order valence-corrected chi connectivity index (χ0v) is 11.5. The molecule has 0 saturated carbocycles. The van der Waals surface area contributed by atoms with Gasteiger partial charge in [-0.2, -0.15) is 0 Å². The number of carbonyl (C=O) groups excluding carboxylic acids is 1. The number of carbonyl (C=O) groups is 1. The first-order chi connectivity index (χ1) is 9.17. The molecule has 0 aliphatic carbocycles. The van der Waals surface area contributed by atoms with Crippen LogP contribution >= 0.6 is 0 Å². The number of rotatable bonds is 8. The lowest BCUT2D eigenvalue weighted by Gasteiger charge is -2.12. The molecule has 19 heavy (non-hydrogen) atoms. The van der Waals surface area contributed by atoms with Crippen molar-refractivity contribution in [3.8, 4) is 5.75 Å². The van der Waals surface area contributed by atoms with Gasteiger partial charge in [-0.3, -0.25) is 4.79 Å². The number of nitrogens with one attached hydrogen (secondary N) is 2. The summed E-state index contributed by atoms with van der Waals surface area (Å²) >= 11 is 0. The summed E-state index contributed by atoms with van der Waals surface area (Å²) in [6.45, 7) is 6.10. The number of hydrogen-bond acceptors (Lipinski definition) is 3. The molecular weight excluding hydrogens is 247 g/mol. The van der Waals surface area contributed by atoms with Crippen LogP contribution < -0.4 is 15.4 Å². The van der Waals surface area contributed by atoms with Crippen LogP contribution in [-0.4, -0.2) is 25.6 Å². The third-order valence-electron chi connectivity index (χ3n) is 2.55. The van der Waals surface area contributed by atoms with E-state index in [2.05, 4.69) is 10.6 Å². The van der Waals surface area contributed by atoms with E-state index in [9.17, 15) is 9.18 Å². The molecule has 1 aromatic carbocycles. The van der Waals surface area contributed by atoms with Crippen LogP contribution in [0, 0.1) is 5.82 Å². The fraction of sp³-hybridized carbons (Fsp3) is 0.500. The Kier molecular flexibility index (Phi) is 6.89. The molecule has 1 rings (SSSR count). The minimum Gasteiger partial charge on any atom is -0.493 e. The molecule has 1 amide bonds. The molecule has 0 aliphatic rings. The highest BCUT2D eigenvalue weighted by molar-refractivity contribution is 5.75. The summed E-state index contributed by atoms with van der Waals surface area (Å²) in [4.78, 5) is 11.3. The quantitative estimate of drug-likeness (QED) is 0.756. The molecule has 0 aromatic heterocycles. The van der Waals surface area contributed by atoms with E-state index in [1.807, 2.05) is 13.8 Å². The van der Waals surface area contributed by atoms with Gasteiger partial charge >= 0.3 is 0 Å². The van der Waals surface area contributed by atoms with Crippen LogP contribution in [0.25, 0.3) is 0 Å². The van der Waals surface area contributed by atoms with Crippen molar-refractivity contribution in [2.45, 2.75) is 26.8 Å². The van der Waals surface area contributed by atoms with Crippen LogP contribution in [0.15, 0.2) is 18.2 Å². The monoisotopic (exact) mass is 268 g/mol. The van der Waals surface area contributed by atoms with Crippen LogP contribution in [0.3, 0.4) is 0 Å². The van der Waals surface area contributed by atoms with Crippen LogP contribution in [0.5, 0.6) is 5.75 Å². The van der Waals surface area contributed by atoms with E-state index in [0.29, 0.717) is 25.3 Å². The van der Waals surface area contributed by atoms with Gasteiger partial charge in [0.1, 0.15) is 11.6 Å². The average molecular weight is 268 g/mol. The topological polar surface area (TPSA) is 50.4 Å². The molecule has 0 bridgehead atoms. The van der Waals surface area contributed by atoms with E-state index in [1.165, 1.54) is 12.1 Å². The van der Waals surface area contributed by atoms with Gasteiger partial charge in [0.2, 0.25) is 5.91 Å². The van der Waals surface area contributed by atoms with E-state index < -0.39 is 0 Å². The van der Waals surface area contributed by atoms with Gasteiger partial charge < -0.3 is 15.4 Å². The molecule has 5 heteroatoms. The second kappa shape index (κ2) is 8.48. The zero-order valence-electron chi connectivity index (χ0n) is 11.5. The van der Waals surface area contributed by atoms with Crippen molar-refractivity contribution in [3.63, 3.8) is 0 Å². The van der Waals surface area contributed by atoms with Crippen LogP contribution in [0.2, 0.25) is 0 Å². The maximum absolute atomic E-state index is 13.2. The Balaban J connectivity index is 2.54. The van der Waals surface area contributed by atoms with Crippen molar-refractivity contribution in [1.82, 2.24) is 10.6 Å². The van der Waals surface area contributed by atoms with Crippen molar-refractivity contribution in [2.75, 3.05) is 19.7 Å². The van der Waals surface area contributed by atoms with Gasteiger partial charge in [-0.25, -0.2) is 4.39 Å². The van der Waals surface area contributed by atoms with Gasteiger partial charge in [0.25, 0.3) is 0 Å². The van der Waals surface area contributed by atoms with Gasteiger partial charge in [0.15, 0.2) is 0 Å². The second-order valence-electron chi connectivity index (χ2n) is 4.08. The molecule has 0 unspecified atom stereocenters. The number of ether oxygens (including phenoxy) is 1. The van der Waals surface area contributed by atoms with E-state index >= 15 is 0 Å². The molecule has 0 radical (unpaired) electrons. The largest absolute Gasteiger partial charge is 0.493 e. The van der Waals surface area contributed by atoms with Gasteiger partial charge in [-0.1, -0.05) is 6.92 Å². The van der Waals surface area contributed by atoms with Crippen LogP contribution in [0.1, 0.15) is 25.8 Å². The van der Waals surface area contributed by atoms with Crippen molar-refractivity contribution in [3.05, 3.63) is 29.6 Å². The van der Waals surface area contributed by atoms with E-state index in [1.54, 1.807) is 6.07 Å². The first-order valence-electron chi connectivity index (χ1n) is 6.56. The summed E-state index contributed by atoms with van der Waals surface area (Å²) in [6.07, 6.45) is 0.297. The molecule has 0 heterocycles. The summed E-state index contributed by atoms with van der Waals surface area (Å²) in [7, 11) is 0. The highest BCUT2D eigenvalue weighted by atomic mass is 19.1. The normalized spacial score (nSPS) is 10.3. The standard InChI is InChI=1S/C14H21FN2O2/c1-3-16-10-11-9-12(15)5-6-13(11)19-8-7-14(18)17-4-2/h5-6,9,16H,3-4,7-8,10H2,1-2H3,(H,17,18). The van der Waals surface area contributed by atoms with Crippen molar-refractivity contribution in [1.29, 1.82) is 0 Å². The Bertz CT molecular complexity index is 410. The van der Waals surface area contributed by atoms with Gasteiger partial charge in [-0.15, -0.1) is 0 Å². The lowest BCUT2D eigenvalue weighted by molar-refractivity contribution is -0.121. The molecule has 0 aliphatic heterocycles. The molecule has 0 fully saturated rings. The number of halogens is 1. The van der Waals surface area contributed by atoms with Crippen molar-refractivity contribution >= 4 is 5.91 Å². The SMILES string of the molecule is CCNCc1cc(F)ccc1OCCC(=O)NCC. The molecule has 0 spiro atoms.